The van der Waals surface area contributed by atoms with Crippen LogP contribution >= 0.6 is 11.3 Å². The van der Waals surface area contributed by atoms with Crippen LogP contribution in [0.3, 0.4) is 0 Å². The number of rotatable bonds is 7. The van der Waals surface area contributed by atoms with E-state index in [1.807, 2.05) is 6.92 Å². The molecule has 0 radical (unpaired) electrons. The van der Waals surface area contributed by atoms with Crippen molar-refractivity contribution in [3.05, 3.63) is 16.1 Å². The van der Waals surface area contributed by atoms with Gasteiger partial charge in [-0.25, -0.2) is 4.98 Å². The average Bonchev–Trinajstić information content (AvgIpc) is 2.71. The van der Waals surface area contributed by atoms with Gasteiger partial charge in [0, 0.05) is 18.5 Å². The fraction of sp³-hybridized carbons (Fsp3) is 0.750. The highest BCUT2D eigenvalue weighted by Crippen LogP contribution is 2.23. The lowest BCUT2D eigenvalue weighted by atomic mass is 9.82. The van der Waals surface area contributed by atoms with Crippen molar-refractivity contribution in [2.45, 2.75) is 40.2 Å². The number of nitrogens with zero attached hydrogens (tertiary/aromatic N) is 1. The zero-order chi connectivity index (χ0) is 12.0. The van der Waals surface area contributed by atoms with Crippen molar-refractivity contribution in [2.75, 3.05) is 13.1 Å². The molecule has 1 heterocycles. The molecule has 3 N–H and O–H groups in total. The minimum Gasteiger partial charge on any atom is -0.330 e. The Kier molecular flexibility index (Phi) is 5.38. The molecule has 0 amide bonds. The van der Waals surface area contributed by atoms with E-state index in [2.05, 4.69) is 29.5 Å². The zero-order valence-corrected chi connectivity index (χ0v) is 11.4. The molecular formula is C12H23N3S. The van der Waals surface area contributed by atoms with Crippen LogP contribution in [0.1, 0.15) is 37.4 Å². The summed E-state index contributed by atoms with van der Waals surface area (Å²) in [5.74, 6) is 0. The van der Waals surface area contributed by atoms with Gasteiger partial charge in [0.2, 0.25) is 0 Å². The molecular weight excluding hydrogens is 218 g/mol. The molecule has 0 fully saturated rings. The maximum absolute atomic E-state index is 5.86. The third-order valence-electron chi connectivity index (χ3n) is 3.41. The molecule has 0 saturated carbocycles. The molecule has 4 heteroatoms. The molecule has 0 aliphatic heterocycles. The van der Waals surface area contributed by atoms with Gasteiger partial charge in [-0.3, -0.25) is 0 Å². The summed E-state index contributed by atoms with van der Waals surface area (Å²) >= 11 is 1.70. The van der Waals surface area contributed by atoms with Crippen LogP contribution in [-0.2, 0) is 6.54 Å². The van der Waals surface area contributed by atoms with Crippen LogP contribution in [0.2, 0.25) is 0 Å². The normalized spacial score (nSPS) is 12.0. The molecule has 1 aromatic heterocycles. The van der Waals surface area contributed by atoms with Gasteiger partial charge in [0.05, 0.1) is 10.7 Å². The summed E-state index contributed by atoms with van der Waals surface area (Å²) in [6.07, 6.45) is 2.26. The van der Waals surface area contributed by atoms with Gasteiger partial charge in [-0.1, -0.05) is 13.8 Å². The topological polar surface area (TPSA) is 50.9 Å². The largest absolute Gasteiger partial charge is 0.330 e. The highest BCUT2D eigenvalue weighted by molar-refractivity contribution is 7.09. The van der Waals surface area contributed by atoms with Crippen LogP contribution in [0.4, 0.5) is 0 Å². The smallest absolute Gasteiger partial charge is 0.0897 e. The van der Waals surface area contributed by atoms with Crippen LogP contribution in [0, 0.1) is 12.3 Å². The summed E-state index contributed by atoms with van der Waals surface area (Å²) in [7, 11) is 0. The molecule has 0 spiro atoms. The second kappa shape index (κ2) is 6.33. The van der Waals surface area contributed by atoms with Gasteiger partial charge in [0.15, 0.2) is 0 Å². The zero-order valence-electron chi connectivity index (χ0n) is 10.5. The third kappa shape index (κ3) is 3.54. The molecule has 0 aromatic carbocycles. The second-order valence-electron chi connectivity index (χ2n) is 4.37. The number of thiazole rings is 1. The van der Waals surface area contributed by atoms with Gasteiger partial charge >= 0.3 is 0 Å². The maximum atomic E-state index is 5.86. The van der Waals surface area contributed by atoms with Gasteiger partial charge in [0.1, 0.15) is 0 Å². The molecule has 16 heavy (non-hydrogen) atoms. The van der Waals surface area contributed by atoms with E-state index in [-0.39, 0.29) is 5.41 Å². The molecule has 1 rings (SSSR count). The average molecular weight is 241 g/mol. The molecule has 0 saturated heterocycles. The van der Waals surface area contributed by atoms with Crippen LogP contribution < -0.4 is 11.1 Å². The first kappa shape index (κ1) is 13.6. The van der Waals surface area contributed by atoms with Gasteiger partial charge in [-0.2, -0.15) is 0 Å². The number of nitrogens with two attached hydrogens (primary N) is 1. The van der Waals surface area contributed by atoms with Crippen molar-refractivity contribution in [3.63, 3.8) is 0 Å². The predicted molar refractivity (Wildman–Crippen MR) is 70.6 cm³/mol. The van der Waals surface area contributed by atoms with Gasteiger partial charge in [-0.15, -0.1) is 11.3 Å². The Hall–Kier alpha value is -0.450. The number of nitrogens with one attached hydrogen (secondary N) is 1. The fourth-order valence-electron chi connectivity index (χ4n) is 1.81. The summed E-state index contributed by atoms with van der Waals surface area (Å²) in [5, 5.41) is 6.72. The lowest BCUT2D eigenvalue weighted by Crippen LogP contribution is -2.39. The van der Waals surface area contributed by atoms with Gasteiger partial charge in [0.25, 0.3) is 0 Å². The summed E-state index contributed by atoms with van der Waals surface area (Å²) in [4.78, 5) is 4.43. The van der Waals surface area contributed by atoms with E-state index in [1.165, 1.54) is 0 Å². The molecule has 0 unspecified atom stereocenters. The first-order valence-electron chi connectivity index (χ1n) is 5.97. The van der Waals surface area contributed by atoms with Crippen LogP contribution in [-0.4, -0.2) is 18.1 Å². The standard InChI is InChI=1S/C12H23N3S/c1-4-12(5-2,8-13)9-14-6-11-7-16-10(3)15-11/h7,14H,4-6,8-9,13H2,1-3H3. The Balaban J connectivity index is 2.39. The number of hydrogen-bond acceptors (Lipinski definition) is 4. The lowest BCUT2D eigenvalue weighted by Gasteiger charge is -2.30. The van der Waals surface area contributed by atoms with Gasteiger partial charge in [-0.05, 0) is 31.7 Å². The van der Waals surface area contributed by atoms with Gasteiger partial charge < -0.3 is 11.1 Å². The van der Waals surface area contributed by atoms with E-state index in [0.29, 0.717) is 0 Å². The van der Waals surface area contributed by atoms with Crippen molar-refractivity contribution in [2.24, 2.45) is 11.1 Å². The van der Waals surface area contributed by atoms with Crippen molar-refractivity contribution in [1.82, 2.24) is 10.3 Å². The summed E-state index contributed by atoms with van der Waals surface area (Å²) in [6, 6.07) is 0. The monoisotopic (exact) mass is 241 g/mol. The molecule has 0 aliphatic rings. The molecule has 0 aliphatic carbocycles. The third-order valence-corrected chi connectivity index (χ3v) is 4.23. The Bertz CT molecular complexity index is 297. The molecule has 92 valence electrons. The lowest BCUT2D eigenvalue weighted by molar-refractivity contribution is 0.258. The minimum atomic E-state index is 0.255. The number of hydrogen-bond donors (Lipinski definition) is 2. The Labute approximate surface area is 102 Å². The minimum absolute atomic E-state index is 0.255. The quantitative estimate of drug-likeness (QED) is 0.770. The van der Waals surface area contributed by atoms with E-state index in [1.54, 1.807) is 11.3 Å². The van der Waals surface area contributed by atoms with E-state index < -0.39 is 0 Å². The van der Waals surface area contributed by atoms with E-state index in [0.717, 1.165) is 43.2 Å². The van der Waals surface area contributed by atoms with Crippen molar-refractivity contribution >= 4 is 11.3 Å². The summed E-state index contributed by atoms with van der Waals surface area (Å²) in [6.45, 7) is 9.05. The van der Waals surface area contributed by atoms with Crippen molar-refractivity contribution in [1.29, 1.82) is 0 Å². The Morgan fingerprint density at radius 2 is 2.12 bits per heavy atom. The molecule has 0 atom stereocenters. The fourth-order valence-corrected chi connectivity index (χ4v) is 2.42. The first-order chi connectivity index (χ1) is 7.65. The van der Waals surface area contributed by atoms with Crippen LogP contribution in [0.5, 0.6) is 0 Å². The van der Waals surface area contributed by atoms with E-state index >= 15 is 0 Å². The Morgan fingerprint density at radius 3 is 2.56 bits per heavy atom. The van der Waals surface area contributed by atoms with Crippen LogP contribution in [0.15, 0.2) is 5.38 Å². The summed E-state index contributed by atoms with van der Waals surface area (Å²) < 4.78 is 0. The predicted octanol–water partition coefficient (Wildman–Crippen LogP) is 2.31. The van der Waals surface area contributed by atoms with E-state index in [9.17, 15) is 0 Å². The summed E-state index contributed by atoms with van der Waals surface area (Å²) in [5.41, 5.74) is 7.25. The van der Waals surface area contributed by atoms with Crippen molar-refractivity contribution in [3.8, 4) is 0 Å². The highest BCUT2D eigenvalue weighted by Gasteiger charge is 2.23. The first-order valence-corrected chi connectivity index (χ1v) is 6.85. The maximum Gasteiger partial charge on any atom is 0.0897 e. The molecule has 3 nitrogen and oxygen atoms in total. The Morgan fingerprint density at radius 1 is 1.44 bits per heavy atom. The van der Waals surface area contributed by atoms with Crippen molar-refractivity contribution < 1.29 is 0 Å². The van der Waals surface area contributed by atoms with Crippen LogP contribution in [0.25, 0.3) is 0 Å². The number of aromatic nitrogens is 1. The SMILES string of the molecule is CCC(CC)(CN)CNCc1csc(C)n1. The number of aryl methyl sites for hydroxylation is 1. The molecule has 1 aromatic rings. The highest BCUT2D eigenvalue weighted by atomic mass is 32.1. The van der Waals surface area contributed by atoms with E-state index in [4.69, 9.17) is 5.73 Å². The second-order valence-corrected chi connectivity index (χ2v) is 5.43. The molecule has 0 bridgehead atoms.